The van der Waals surface area contributed by atoms with Crippen molar-refractivity contribution in [3.63, 3.8) is 0 Å². The molecule has 0 fully saturated rings. The number of hydrogen-bond acceptors (Lipinski definition) is 3. The molecule has 0 aliphatic heterocycles. The lowest BCUT2D eigenvalue weighted by Crippen LogP contribution is -2.31. The van der Waals surface area contributed by atoms with E-state index in [1.807, 2.05) is 0 Å². The summed E-state index contributed by atoms with van der Waals surface area (Å²) in [7, 11) is 1.63. The third kappa shape index (κ3) is 6.12. The van der Waals surface area contributed by atoms with Gasteiger partial charge in [-0.3, -0.25) is 9.59 Å². The Morgan fingerprint density at radius 3 is 2.53 bits per heavy atom. The zero-order valence-electron chi connectivity index (χ0n) is 9.09. The summed E-state index contributed by atoms with van der Waals surface area (Å²) in [6.07, 6.45) is 0.194. The standard InChI is InChI=1S/C10H16ClNO3/c1-8(2)10(14)12(3)6-7-15-9(13)4-5-11/h1,4-7H2,2-3H3. The Bertz CT molecular complexity index is 253. The summed E-state index contributed by atoms with van der Waals surface area (Å²) in [5.74, 6) is -0.246. The first kappa shape index (κ1) is 14.0. The molecule has 0 unspecified atom stereocenters. The predicted octanol–water partition coefficient (Wildman–Crippen LogP) is 1.19. The minimum atomic E-state index is -0.346. The van der Waals surface area contributed by atoms with Crippen LogP contribution in [0.3, 0.4) is 0 Å². The summed E-state index contributed by atoms with van der Waals surface area (Å²) >= 11 is 5.35. The summed E-state index contributed by atoms with van der Waals surface area (Å²) < 4.78 is 4.84. The van der Waals surface area contributed by atoms with Gasteiger partial charge in [-0.15, -0.1) is 11.6 Å². The van der Waals surface area contributed by atoms with Crippen LogP contribution >= 0.6 is 11.6 Å². The van der Waals surface area contributed by atoms with E-state index in [0.29, 0.717) is 12.1 Å². The first-order valence-electron chi connectivity index (χ1n) is 4.61. The molecule has 0 radical (unpaired) electrons. The molecule has 0 aromatic rings. The molecule has 0 rings (SSSR count). The molecule has 0 aromatic carbocycles. The minimum Gasteiger partial charge on any atom is -0.464 e. The number of esters is 1. The van der Waals surface area contributed by atoms with Crippen molar-refractivity contribution < 1.29 is 14.3 Å². The second kappa shape index (κ2) is 7.29. The molecule has 0 heterocycles. The van der Waals surface area contributed by atoms with Crippen LogP contribution in [-0.2, 0) is 14.3 Å². The summed E-state index contributed by atoms with van der Waals surface area (Å²) in [6.45, 7) is 5.72. The highest BCUT2D eigenvalue weighted by atomic mass is 35.5. The van der Waals surface area contributed by atoms with Crippen LogP contribution in [0, 0.1) is 0 Å². The van der Waals surface area contributed by atoms with E-state index in [1.165, 1.54) is 4.90 Å². The first-order chi connectivity index (χ1) is 6.99. The predicted molar refractivity (Wildman–Crippen MR) is 58.7 cm³/mol. The zero-order valence-corrected chi connectivity index (χ0v) is 9.84. The van der Waals surface area contributed by atoms with Crippen LogP contribution in [0.15, 0.2) is 12.2 Å². The molecular formula is C10H16ClNO3. The molecule has 4 nitrogen and oxygen atoms in total. The Balaban J connectivity index is 3.72. The Hall–Kier alpha value is -1.03. The van der Waals surface area contributed by atoms with Crippen molar-refractivity contribution in [1.29, 1.82) is 0 Å². The number of carbonyl (C=O) groups excluding carboxylic acids is 2. The van der Waals surface area contributed by atoms with Crippen molar-refractivity contribution in [2.45, 2.75) is 13.3 Å². The number of halogens is 1. The highest BCUT2D eigenvalue weighted by molar-refractivity contribution is 6.18. The van der Waals surface area contributed by atoms with Gasteiger partial charge in [-0.1, -0.05) is 6.58 Å². The molecule has 15 heavy (non-hydrogen) atoms. The fourth-order valence-corrected chi connectivity index (χ4v) is 1.03. The van der Waals surface area contributed by atoms with E-state index in [-0.39, 0.29) is 30.8 Å². The van der Waals surface area contributed by atoms with Gasteiger partial charge in [0.25, 0.3) is 0 Å². The number of ether oxygens (including phenoxy) is 1. The van der Waals surface area contributed by atoms with Crippen LogP contribution in [0.1, 0.15) is 13.3 Å². The topological polar surface area (TPSA) is 46.6 Å². The molecule has 0 N–H and O–H groups in total. The molecule has 1 amide bonds. The molecule has 0 atom stereocenters. The first-order valence-corrected chi connectivity index (χ1v) is 5.15. The Kier molecular flexibility index (Phi) is 6.79. The van der Waals surface area contributed by atoms with Gasteiger partial charge in [0.1, 0.15) is 6.61 Å². The van der Waals surface area contributed by atoms with Crippen LogP contribution in [-0.4, -0.2) is 42.9 Å². The highest BCUT2D eigenvalue weighted by Gasteiger charge is 2.09. The summed E-state index contributed by atoms with van der Waals surface area (Å²) in [4.78, 5) is 23.7. The lowest BCUT2D eigenvalue weighted by atomic mass is 10.3. The van der Waals surface area contributed by atoms with E-state index >= 15 is 0 Å². The van der Waals surface area contributed by atoms with Crippen molar-refractivity contribution in [3.05, 3.63) is 12.2 Å². The molecule has 0 spiro atoms. The maximum absolute atomic E-state index is 11.3. The van der Waals surface area contributed by atoms with Crippen LogP contribution in [0.25, 0.3) is 0 Å². The van der Waals surface area contributed by atoms with E-state index in [4.69, 9.17) is 16.3 Å². The number of alkyl halides is 1. The normalized spacial score (nSPS) is 9.53. The third-order valence-corrected chi connectivity index (χ3v) is 1.89. The fraction of sp³-hybridized carbons (Fsp3) is 0.600. The molecule has 0 aliphatic carbocycles. The highest BCUT2D eigenvalue weighted by Crippen LogP contribution is 1.96. The number of likely N-dealkylation sites (N-methyl/N-ethyl adjacent to an activating group) is 1. The maximum Gasteiger partial charge on any atom is 0.307 e. The van der Waals surface area contributed by atoms with Crippen molar-refractivity contribution in [1.82, 2.24) is 4.90 Å². The average molecular weight is 234 g/mol. The third-order valence-electron chi connectivity index (χ3n) is 1.70. The van der Waals surface area contributed by atoms with Crippen molar-refractivity contribution >= 4 is 23.5 Å². The molecule has 0 aliphatic rings. The van der Waals surface area contributed by atoms with E-state index in [0.717, 1.165) is 0 Å². The number of rotatable bonds is 6. The van der Waals surface area contributed by atoms with Gasteiger partial charge in [0.15, 0.2) is 0 Å². The maximum atomic E-state index is 11.3. The monoisotopic (exact) mass is 233 g/mol. The number of hydrogen-bond donors (Lipinski definition) is 0. The van der Waals surface area contributed by atoms with Gasteiger partial charge in [0.05, 0.1) is 13.0 Å². The van der Waals surface area contributed by atoms with Crippen molar-refractivity contribution in [2.24, 2.45) is 0 Å². The lowest BCUT2D eigenvalue weighted by Gasteiger charge is -2.16. The van der Waals surface area contributed by atoms with E-state index in [9.17, 15) is 9.59 Å². The van der Waals surface area contributed by atoms with Crippen LogP contribution in [0.2, 0.25) is 0 Å². The smallest absolute Gasteiger partial charge is 0.307 e. The Morgan fingerprint density at radius 1 is 1.47 bits per heavy atom. The Labute approximate surface area is 94.8 Å². The SMILES string of the molecule is C=C(C)C(=O)N(C)CCOC(=O)CCCl. The summed E-state index contributed by atoms with van der Waals surface area (Å²) in [6, 6.07) is 0. The van der Waals surface area contributed by atoms with Gasteiger partial charge >= 0.3 is 5.97 Å². The zero-order chi connectivity index (χ0) is 11.8. The number of carbonyl (C=O) groups is 2. The van der Waals surface area contributed by atoms with Gasteiger partial charge in [-0.25, -0.2) is 0 Å². The second-order valence-corrected chi connectivity index (χ2v) is 3.54. The van der Waals surface area contributed by atoms with E-state index < -0.39 is 0 Å². The number of nitrogens with zero attached hydrogens (tertiary/aromatic N) is 1. The fourth-order valence-electron chi connectivity index (χ4n) is 0.873. The van der Waals surface area contributed by atoms with Gasteiger partial charge < -0.3 is 9.64 Å². The lowest BCUT2D eigenvalue weighted by molar-refractivity contribution is -0.144. The van der Waals surface area contributed by atoms with Crippen molar-refractivity contribution in [3.8, 4) is 0 Å². The number of amides is 1. The van der Waals surface area contributed by atoms with Gasteiger partial charge in [-0.2, -0.15) is 0 Å². The van der Waals surface area contributed by atoms with Crippen LogP contribution < -0.4 is 0 Å². The largest absolute Gasteiger partial charge is 0.464 e. The van der Waals surface area contributed by atoms with Crippen LogP contribution in [0.4, 0.5) is 0 Å². The quantitative estimate of drug-likeness (QED) is 0.393. The Morgan fingerprint density at radius 2 is 2.07 bits per heavy atom. The average Bonchev–Trinajstić information content (AvgIpc) is 2.16. The van der Waals surface area contributed by atoms with E-state index in [2.05, 4.69) is 6.58 Å². The van der Waals surface area contributed by atoms with E-state index in [1.54, 1.807) is 14.0 Å². The molecular weight excluding hydrogens is 218 g/mol. The summed E-state index contributed by atoms with van der Waals surface area (Å²) in [5.41, 5.74) is 0.463. The molecule has 0 saturated carbocycles. The summed E-state index contributed by atoms with van der Waals surface area (Å²) in [5, 5.41) is 0. The van der Waals surface area contributed by atoms with Gasteiger partial charge in [-0.05, 0) is 6.92 Å². The van der Waals surface area contributed by atoms with Gasteiger partial charge in [0, 0.05) is 18.5 Å². The minimum absolute atomic E-state index is 0.150. The van der Waals surface area contributed by atoms with Crippen LogP contribution in [0.5, 0.6) is 0 Å². The van der Waals surface area contributed by atoms with Gasteiger partial charge in [0.2, 0.25) is 5.91 Å². The molecule has 0 bridgehead atoms. The molecule has 5 heteroatoms. The molecule has 86 valence electrons. The van der Waals surface area contributed by atoms with Crippen molar-refractivity contribution in [2.75, 3.05) is 26.1 Å². The molecule has 0 saturated heterocycles. The molecule has 0 aromatic heterocycles. The second-order valence-electron chi connectivity index (χ2n) is 3.17.